The molecule has 0 spiro atoms. The molecule has 0 saturated carbocycles. The molecule has 3 heterocycles. The van der Waals surface area contributed by atoms with Crippen LogP contribution in [0, 0.1) is 19.7 Å². The summed E-state index contributed by atoms with van der Waals surface area (Å²) >= 11 is 2.98. The monoisotopic (exact) mass is 448 g/mol. The number of nitrogens with zero attached hydrogens (tertiary/aromatic N) is 4. The lowest BCUT2D eigenvalue weighted by Crippen LogP contribution is -2.24. The molecule has 0 atom stereocenters. The smallest absolute Gasteiger partial charge is 0.262 e. The van der Waals surface area contributed by atoms with E-state index in [1.807, 2.05) is 18.2 Å². The molecule has 154 valence electrons. The molecule has 0 saturated heterocycles. The number of fused-ring (bicyclic) bond motifs is 2. The average Bonchev–Trinajstić information content (AvgIpc) is 3.07. The Morgan fingerprint density at radius 2 is 1.84 bits per heavy atom. The lowest BCUT2D eigenvalue weighted by Gasteiger charge is -2.13. The normalized spacial score (nSPS) is 11.5. The molecule has 2 aromatic carbocycles. The van der Waals surface area contributed by atoms with Crippen LogP contribution in [0.2, 0.25) is 0 Å². The molecule has 0 fully saturated rings. The van der Waals surface area contributed by atoms with Gasteiger partial charge in [0, 0.05) is 10.3 Å². The number of para-hydroxylation sites is 1. The first kappa shape index (κ1) is 19.8. The molecular formula is C23H17FN4OS2. The van der Waals surface area contributed by atoms with Crippen molar-refractivity contribution in [2.45, 2.75) is 30.6 Å². The zero-order valence-corrected chi connectivity index (χ0v) is 18.4. The van der Waals surface area contributed by atoms with Crippen LogP contribution in [0.5, 0.6) is 0 Å². The lowest BCUT2D eigenvalue weighted by atomic mass is 10.2. The van der Waals surface area contributed by atoms with E-state index in [0.717, 1.165) is 26.4 Å². The molecule has 5 aromatic rings. The van der Waals surface area contributed by atoms with Crippen LogP contribution >= 0.6 is 23.1 Å². The van der Waals surface area contributed by atoms with Crippen LogP contribution < -0.4 is 5.56 Å². The van der Waals surface area contributed by atoms with E-state index in [0.29, 0.717) is 16.1 Å². The van der Waals surface area contributed by atoms with Gasteiger partial charge in [-0.15, -0.1) is 11.3 Å². The zero-order valence-electron chi connectivity index (χ0n) is 16.8. The molecule has 0 aliphatic rings. The molecule has 0 radical (unpaired) electrons. The molecule has 0 N–H and O–H groups in total. The third-order valence-electron chi connectivity index (χ3n) is 5.20. The maximum Gasteiger partial charge on any atom is 0.262 e. The number of thiophene rings is 1. The summed E-state index contributed by atoms with van der Waals surface area (Å²) in [7, 11) is 0. The third kappa shape index (κ3) is 3.62. The standard InChI is InChI=1S/C23H17FN4OS2/c1-13-14(2)30-20-19(13)21(26-12-25-20)31-23-27-18-6-4-3-5-17(18)22(29)28(23)11-15-7-9-16(24)10-8-15/h3-10,12H,11H2,1-2H3. The van der Waals surface area contributed by atoms with Crippen molar-refractivity contribution in [3.63, 3.8) is 0 Å². The number of hydrogen-bond acceptors (Lipinski definition) is 6. The summed E-state index contributed by atoms with van der Waals surface area (Å²) in [5, 5.41) is 2.84. The summed E-state index contributed by atoms with van der Waals surface area (Å²) in [6.45, 7) is 4.41. The van der Waals surface area contributed by atoms with E-state index < -0.39 is 0 Å². The van der Waals surface area contributed by atoms with Crippen molar-refractivity contribution in [1.82, 2.24) is 19.5 Å². The van der Waals surface area contributed by atoms with E-state index in [2.05, 4.69) is 23.8 Å². The van der Waals surface area contributed by atoms with E-state index in [1.54, 1.807) is 40.4 Å². The van der Waals surface area contributed by atoms with Gasteiger partial charge in [-0.3, -0.25) is 9.36 Å². The quantitative estimate of drug-likeness (QED) is 0.274. The zero-order chi connectivity index (χ0) is 21.5. The van der Waals surface area contributed by atoms with Crippen LogP contribution in [0.25, 0.3) is 21.1 Å². The number of halogens is 1. The first-order valence-electron chi connectivity index (χ1n) is 9.64. The lowest BCUT2D eigenvalue weighted by molar-refractivity contribution is 0.622. The maximum absolute atomic E-state index is 13.4. The molecule has 5 nitrogen and oxygen atoms in total. The minimum atomic E-state index is -0.311. The van der Waals surface area contributed by atoms with E-state index in [9.17, 15) is 9.18 Å². The van der Waals surface area contributed by atoms with Crippen molar-refractivity contribution >= 4 is 44.2 Å². The second kappa shape index (κ2) is 7.86. The van der Waals surface area contributed by atoms with Gasteiger partial charge >= 0.3 is 0 Å². The Hall–Kier alpha value is -3.10. The molecular weight excluding hydrogens is 431 g/mol. The summed E-state index contributed by atoms with van der Waals surface area (Å²) < 4.78 is 15.0. The van der Waals surface area contributed by atoms with Crippen LogP contribution in [0.1, 0.15) is 16.0 Å². The largest absolute Gasteiger partial charge is 0.282 e. The Kier molecular flexibility index (Phi) is 5.03. The summed E-state index contributed by atoms with van der Waals surface area (Å²) in [6.07, 6.45) is 1.55. The van der Waals surface area contributed by atoms with Gasteiger partial charge in [-0.2, -0.15) is 0 Å². The Balaban J connectivity index is 1.69. The van der Waals surface area contributed by atoms with Gasteiger partial charge < -0.3 is 0 Å². The average molecular weight is 449 g/mol. The summed E-state index contributed by atoms with van der Waals surface area (Å²) in [4.78, 5) is 29.1. The third-order valence-corrected chi connectivity index (χ3v) is 7.31. The summed E-state index contributed by atoms with van der Waals surface area (Å²) in [6, 6.07) is 13.4. The van der Waals surface area contributed by atoms with Gasteiger partial charge in [0.1, 0.15) is 22.0 Å². The minimum absolute atomic E-state index is 0.138. The molecule has 0 aliphatic carbocycles. The molecule has 3 aromatic heterocycles. The SMILES string of the molecule is Cc1sc2ncnc(Sc3nc4ccccc4c(=O)n3Cc3ccc(F)cc3)c2c1C. The van der Waals surface area contributed by atoms with Crippen molar-refractivity contribution in [1.29, 1.82) is 0 Å². The van der Waals surface area contributed by atoms with Gasteiger partial charge in [-0.05, 0) is 61.0 Å². The van der Waals surface area contributed by atoms with E-state index in [4.69, 9.17) is 4.98 Å². The first-order chi connectivity index (χ1) is 15.0. The van der Waals surface area contributed by atoms with Gasteiger partial charge in [0.05, 0.1) is 17.4 Å². The fraction of sp³-hybridized carbons (Fsp3) is 0.130. The molecule has 8 heteroatoms. The van der Waals surface area contributed by atoms with Crippen molar-refractivity contribution in [3.8, 4) is 0 Å². The highest BCUT2D eigenvalue weighted by atomic mass is 32.2. The minimum Gasteiger partial charge on any atom is -0.282 e. The van der Waals surface area contributed by atoms with Gasteiger partial charge in [0.25, 0.3) is 5.56 Å². The van der Waals surface area contributed by atoms with Gasteiger partial charge in [0.2, 0.25) is 0 Å². The van der Waals surface area contributed by atoms with Crippen molar-refractivity contribution in [2.75, 3.05) is 0 Å². The highest BCUT2D eigenvalue weighted by molar-refractivity contribution is 7.99. The Bertz CT molecular complexity index is 1490. The second-order valence-corrected chi connectivity index (χ2v) is 9.33. The summed E-state index contributed by atoms with van der Waals surface area (Å²) in [5.41, 5.74) is 2.45. The first-order valence-corrected chi connectivity index (χ1v) is 11.3. The van der Waals surface area contributed by atoms with Crippen LogP contribution in [0.3, 0.4) is 0 Å². The highest BCUT2D eigenvalue weighted by Crippen LogP contribution is 2.37. The number of rotatable bonds is 4. The van der Waals surface area contributed by atoms with E-state index >= 15 is 0 Å². The van der Waals surface area contributed by atoms with Crippen LogP contribution in [-0.4, -0.2) is 19.5 Å². The molecule has 0 unspecified atom stereocenters. The second-order valence-electron chi connectivity index (χ2n) is 7.17. The highest BCUT2D eigenvalue weighted by Gasteiger charge is 2.18. The van der Waals surface area contributed by atoms with Crippen molar-refractivity contribution < 1.29 is 4.39 Å². The van der Waals surface area contributed by atoms with E-state index in [1.165, 1.54) is 28.8 Å². The van der Waals surface area contributed by atoms with Gasteiger partial charge in [-0.25, -0.2) is 19.3 Å². The Morgan fingerprint density at radius 1 is 1.06 bits per heavy atom. The van der Waals surface area contributed by atoms with Crippen LogP contribution in [-0.2, 0) is 6.54 Å². The Labute approximate surface area is 185 Å². The topological polar surface area (TPSA) is 60.7 Å². The number of hydrogen-bond donors (Lipinski definition) is 0. The van der Waals surface area contributed by atoms with E-state index in [-0.39, 0.29) is 17.9 Å². The fourth-order valence-corrected chi connectivity index (χ4v) is 5.54. The van der Waals surface area contributed by atoms with Crippen LogP contribution in [0.4, 0.5) is 4.39 Å². The predicted molar refractivity (Wildman–Crippen MR) is 123 cm³/mol. The predicted octanol–water partition coefficient (Wildman–Crippen LogP) is 5.36. The number of benzene rings is 2. The van der Waals surface area contributed by atoms with Crippen molar-refractivity contribution in [2.24, 2.45) is 0 Å². The number of aryl methyl sites for hydroxylation is 2. The molecule has 0 bridgehead atoms. The number of aromatic nitrogens is 4. The van der Waals surface area contributed by atoms with Crippen LogP contribution in [0.15, 0.2) is 69.8 Å². The molecule has 0 aliphatic heterocycles. The molecule has 5 rings (SSSR count). The summed E-state index contributed by atoms with van der Waals surface area (Å²) in [5.74, 6) is -0.311. The fourth-order valence-electron chi connectivity index (χ4n) is 3.45. The maximum atomic E-state index is 13.4. The molecule has 0 amide bonds. The van der Waals surface area contributed by atoms with Gasteiger partial charge in [-0.1, -0.05) is 24.3 Å². The Morgan fingerprint density at radius 3 is 2.65 bits per heavy atom. The van der Waals surface area contributed by atoms with Gasteiger partial charge in [0.15, 0.2) is 5.16 Å². The van der Waals surface area contributed by atoms with Crippen molar-refractivity contribution in [3.05, 3.63) is 87.0 Å². The molecule has 31 heavy (non-hydrogen) atoms.